The molecular formula is C23H22ClN5O. The van der Waals surface area contributed by atoms with E-state index in [4.69, 9.17) is 26.3 Å². The van der Waals surface area contributed by atoms with Gasteiger partial charge in [0.2, 0.25) is 0 Å². The van der Waals surface area contributed by atoms with Crippen LogP contribution in [0, 0.1) is 20.8 Å². The van der Waals surface area contributed by atoms with Crippen molar-refractivity contribution in [2.75, 3.05) is 12.4 Å². The molecule has 0 aliphatic heterocycles. The number of anilines is 2. The van der Waals surface area contributed by atoms with Crippen molar-refractivity contribution in [1.82, 2.24) is 20.2 Å². The number of H-pyrrole nitrogens is 1. The molecule has 0 unspecified atom stereocenters. The molecule has 2 aromatic carbocycles. The normalized spacial score (nSPS) is 10.8. The number of hydrogen-bond acceptors (Lipinski definition) is 5. The second-order valence-electron chi connectivity index (χ2n) is 7.15. The van der Waals surface area contributed by atoms with E-state index in [1.807, 2.05) is 56.3 Å². The van der Waals surface area contributed by atoms with E-state index in [-0.39, 0.29) is 0 Å². The molecule has 2 aromatic heterocycles. The van der Waals surface area contributed by atoms with E-state index in [0.717, 1.165) is 39.4 Å². The SMILES string of the molecule is COc1cc(-c2cc(Nc3cc(C)[nH]n3)nc(-c3ccc(Cl)cc3)n2)cc(C)c1C. The third-order valence-electron chi connectivity index (χ3n) is 4.93. The van der Waals surface area contributed by atoms with Gasteiger partial charge in [0, 0.05) is 34.0 Å². The van der Waals surface area contributed by atoms with E-state index in [1.165, 1.54) is 0 Å². The number of nitrogens with zero attached hydrogens (tertiary/aromatic N) is 3. The first-order valence-corrected chi connectivity index (χ1v) is 9.90. The van der Waals surface area contributed by atoms with Crippen molar-refractivity contribution < 1.29 is 4.74 Å². The van der Waals surface area contributed by atoms with Crippen LogP contribution in [-0.4, -0.2) is 27.3 Å². The molecule has 0 spiro atoms. The summed E-state index contributed by atoms with van der Waals surface area (Å²) in [7, 11) is 1.68. The van der Waals surface area contributed by atoms with Crippen LogP contribution < -0.4 is 10.1 Å². The number of aryl methyl sites for hydroxylation is 2. The molecule has 4 rings (SSSR count). The smallest absolute Gasteiger partial charge is 0.162 e. The van der Waals surface area contributed by atoms with Gasteiger partial charge in [-0.2, -0.15) is 5.10 Å². The van der Waals surface area contributed by atoms with Gasteiger partial charge >= 0.3 is 0 Å². The Morgan fingerprint density at radius 2 is 1.67 bits per heavy atom. The van der Waals surface area contributed by atoms with Crippen LogP contribution in [0.3, 0.4) is 0 Å². The van der Waals surface area contributed by atoms with Crippen molar-refractivity contribution in [2.24, 2.45) is 0 Å². The van der Waals surface area contributed by atoms with E-state index in [0.29, 0.717) is 22.5 Å². The minimum atomic E-state index is 0.594. The molecule has 0 atom stereocenters. The van der Waals surface area contributed by atoms with Gasteiger partial charge in [-0.05, 0) is 68.3 Å². The first-order valence-electron chi connectivity index (χ1n) is 9.52. The van der Waals surface area contributed by atoms with E-state index in [1.54, 1.807) is 7.11 Å². The molecule has 0 aliphatic rings. The van der Waals surface area contributed by atoms with E-state index < -0.39 is 0 Å². The summed E-state index contributed by atoms with van der Waals surface area (Å²) in [4.78, 5) is 9.51. The maximum absolute atomic E-state index is 6.05. The molecule has 0 fully saturated rings. The zero-order valence-electron chi connectivity index (χ0n) is 17.2. The van der Waals surface area contributed by atoms with Crippen molar-refractivity contribution >= 4 is 23.2 Å². The molecule has 0 aliphatic carbocycles. The highest BCUT2D eigenvalue weighted by Crippen LogP contribution is 2.31. The Morgan fingerprint density at radius 3 is 2.33 bits per heavy atom. The van der Waals surface area contributed by atoms with Gasteiger partial charge < -0.3 is 10.1 Å². The summed E-state index contributed by atoms with van der Waals surface area (Å²) in [5.74, 6) is 2.76. The number of aromatic amines is 1. The highest BCUT2D eigenvalue weighted by molar-refractivity contribution is 6.30. The minimum Gasteiger partial charge on any atom is -0.496 e. The highest BCUT2D eigenvalue weighted by atomic mass is 35.5. The number of halogens is 1. The average Bonchev–Trinajstić information content (AvgIpc) is 3.14. The van der Waals surface area contributed by atoms with Crippen molar-refractivity contribution in [3.8, 4) is 28.4 Å². The Bertz CT molecular complexity index is 1200. The Balaban J connectivity index is 1.85. The Kier molecular flexibility index (Phi) is 5.42. The van der Waals surface area contributed by atoms with Gasteiger partial charge in [-0.15, -0.1) is 0 Å². The zero-order chi connectivity index (χ0) is 21.3. The number of nitrogens with one attached hydrogen (secondary N) is 2. The molecule has 152 valence electrons. The minimum absolute atomic E-state index is 0.594. The fraction of sp³-hybridized carbons (Fsp3) is 0.174. The topological polar surface area (TPSA) is 75.7 Å². The van der Waals surface area contributed by atoms with Crippen LogP contribution in [-0.2, 0) is 0 Å². The van der Waals surface area contributed by atoms with Gasteiger partial charge in [-0.3, -0.25) is 5.10 Å². The highest BCUT2D eigenvalue weighted by Gasteiger charge is 2.13. The Morgan fingerprint density at radius 1 is 0.900 bits per heavy atom. The quantitative estimate of drug-likeness (QED) is 0.423. The van der Waals surface area contributed by atoms with Crippen molar-refractivity contribution in [3.05, 3.63) is 70.4 Å². The Hall–Kier alpha value is -3.38. The number of benzene rings is 2. The molecule has 2 N–H and O–H groups in total. The van der Waals surface area contributed by atoms with Gasteiger partial charge in [-0.25, -0.2) is 9.97 Å². The second kappa shape index (κ2) is 8.16. The van der Waals surface area contributed by atoms with Crippen LogP contribution in [0.15, 0.2) is 48.5 Å². The fourth-order valence-electron chi connectivity index (χ4n) is 3.19. The summed E-state index contributed by atoms with van der Waals surface area (Å²) >= 11 is 6.05. The lowest BCUT2D eigenvalue weighted by atomic mass is 10.0. The summed E-state index contributed by atoms with van der Waals surface area (Å²) in [6.45, 7) is 6.06. The van der Waals surface area contributed by atoms with E-state index >= 15 is 0 Å². The molecule has 2 heterocycles. The molecular weight excluding hydrogens is 398 g/mol. The van der Waals surface area contributed by atoms with Crippen LogP contribution in [0.4, 0.5) is 11.6 Å². The molecule has 4 aromatic rings. The van der Waals surface area contributed by atoms with Crippen molar-refractivity contribution in [2.45, 2.75) is 20.8 Å². The molecule has 0 radical (unpaired) electrons. The third kappa shape index (κ3) is 4.14. The van der Waals surface area contributed by atoms with Crippen LogP contribution in [0.1, 0.15) is 16.8 Å². The van der Waals surface area contributed by atoms with Crippen molar-refractivity contribution in [1.29, 1.82) is 0 Å². The first-order chi connectivity index (χ1) is 14.4. The fourth-order valence-corrected chi connectivity index (χ4v) is 3.31. The number of methoxy groups -OCH3 is 1. The van der Waals surface area contributed by atoms with E-state index in [9.17, 15) is 0 Å². The van der Waals surface area contributed by atoms with Gasteiger partial charge in [0.25, 0.3) is 0 Å². The zero-order valence-corrected chi connectivity index (χ0v) is 18.0. The summed E-state index contributed by atoms with van der Waals surface area (Å²) < 4.78 is 5.56. The lowest BCUT2D eigenvalue weighted by molar-refractivity contribution is 0.411. The molecule has 6 nitrogen and oxygen atoms in total. The van der Waals surface area contributed by atoms with Crippen LogP contribution in [0.25, 0.3) is 22.6 Å². The predicted octanol–water partition coefficient (Wildman–Crippen LogP) is 5.86. The second-order valence-corrected chi connectivity index (χ2v) is 7.59. The molecule has 30 heavy (non-hydrogen) atoms. The Labute approximate surface area is 180 Å². The lowest BCUT2D eigenvalue weighted by Gasteiger charge is -2.13. The number of rotatable bonds is 5. The van der Waals surface area contributed by atoms with Crippen molar-refractivity contribution in [3.63, 3.8) is 0 Å². The lowest BCUT2D eigenvalue weighted by Crippen LogP contribution is -2.00. The molecule has 0 saturated carbocycles. The van der Waals surface area contributed by atoms with Gasteiger partial charge in [0.1, 0.15) is 11.6 Å². The largest absolute Gasteiger partial charge is 0.496 e. The number of aromatic nitrogens is 4. The molecule has 0 bridgehead atoms. The maximum atomic E-state index is 6.05. The molecule has 7 heteroatoms. The molecule has 0 amide bonds. The average molecular weight is 420 g/mol. The molecule has 0 saturated heterocycles. The van der Waals surface area contributed by atoms with Gasteiger partial charge in [-0.1, -0.05) is 11.6 Å². The predicted molar refractivity (Wildman–Crippen MR) is 121 cm³/mol. The maximum Gasteiger partial charge on any atom is 0.162 e. The first kappa shape index (κ1) is 19.9. The summed E-state index contributed by atoms with van der Waals surface area (Å²) in [5, 5.41) is 11.1. The monoisotopic (exact) mass is 419 g/mol. The van der Waals surface area contributed by atoms with E-state index in [2.05, 4.69) is 28.5 Å². The van der Waals surface area contributed by atoms with Crippen LogP contribution in [0.2, 0.25) is 5.02 Å². The summed E-state index contributed by atoms with van der Waals surface area (Å²) in [6, 6.07) is 15.4. The number of ether oxygens (including phenoxy) is 1. The summed E-state index contributed by atoms with van der Waals surface area (Å²) in [5.41, 5.74) is 5.81. The van der Waals surface area contributed by atoms with Crippen LogP contribution in [0.5, 0.6) is 5.75 Å². The summed E-state index contributed by atoms with van der Waals surface area (Å²) in [6.07, 6.45) is 0. The standard InChI is InChI=1S/C23H22ClN5O/c1-13-9-17(11-20(30-4)15(13)3)19-12-21(26-22-10-14(2)28-29-22)27-23(25-19)16-5-7-18(24)8-6-16/h5-12H,1-4H3,(H2,25,26,27,28,29). The number of hydrogen-bond donors (Lipinski definition) is 2. The third-order valence-corrected chi connectivity index (χ3v) is 5.18. The van der Waals surface area contributed by atoms with Gasteiger partial charge in [0.15, 0.2) is 11.6 Å². The van der Waals surface area contributed by atoms with Crippen LogP contribution >= 0.6 is 11.6 Å². The van der Waals surface area contributed by atoms with Gasteiger partial charge in [0.05, 0.1) is 12.8 Å².